The van der Waals surface area contributed by atoms with E-state index in [-0.39, 0.29) is 0 Å². The average molecular weight is 450 g/mol. The molecule has 2 aromatic rings. The highest BCUT2D eigenvalue weighted by Crippen LogP contribution is 2.26. The van der Waals surface area contributed by atoms with Crippen LogP contribution in [-0.4, -0.2) is 7.11 Å². The van der Waals surface area contributed by atoms with Crippen LogP contribution in [0.3, 0.4) is 0 Å². The number of hydrogen-bond donors (Lipinski definition) is 1. The Kier molecular flexibility index (Phi) is 5.30. The van der Waals surface area contributed by atoms with Gasteiger partial charge in [-0.05, 0) is 61.7 Å². The molecule has 0 aromatic heterocycles. The first-order valence-corrected chi connectivity index (χ1v) is 7.99. The first-order valence-electron chi connectivity index (χ1n) is 5.61. The van der Waals surface area contributed by atoms with Crippen LogP contribution in [0.1, 0.15) is 5.56 Å². The predicted octanol–water partition coefficient (Wildman–Crippen LogP) is 5.59. The molecule has 0 unspecified atom stereocenters. The summed E-state index contributed by atoms with van der Waals surface area (Å²) in [6.07, 6.45) is 0. The molecule has 0 amide bonds. The molecule has 0 atom stereocenters. The molecule has 0 fully saturated rings. The molecule has 0 aliphatic rings. The maximum Gasteiger partial charge on any atom is 0.122 e. The summed E-state index contributed by atoms with van der Waals surface area (Å²) in [7, 11) is 1.66. The van der Waals surface area contributed by atoms with Crippen LogP contribution in [-0.2, 0) is 6.54 Å². The quantitative estimate of drug-likeness (QED) is 0.656. The van der Waals surface area contributed by atoms with Crippen molar-refractivity contribution in [3.63, 3.8) is 0 Å². The lowest BCUT2D eigenvalue weighted by atomic mass is 10.2. The molecule has 19 heavy (non-hydrogen) atoms. The monoisotopic (exact) mass is 447 g/mol. The Labute approximate surface area is 137 Å². The highest BCUT2D eigenvalue weighted by molar-refractivity contribution is 9.13. The van der Waals surface area contributed by atoms with E-state index in [1.54, 1.807) is 7.11 Å². The molecule has 0 saturated carbocycles. The van der Waals surface area contributed by atoms with Crippen LogP contribution in [0.25, 0.3) is 0 Å². The van der Waals surface area contributed by atoms with Crippen molar-refractivity contribution in [1.29, 1.82) is 0 Å². The standard InChI is InChI=1S/C14H12Br3NO/c1-19-12-6-10(15)5-11(7-12)18-8-9-2-3-13(16)14(17)4-9/h2-7,18H,8H2,1H3. The number of ether oxygens (including phenoxy) is 1. The highest BCUT2D eigenvalue weighted by atomic mass is 79.9. The fourth-order valence-corrected chi connectivity index (χ4v) is 2.78. The van der Waals surface area contributed by atoms with Gasteiger partial charge in [0.05, 0.1) is 7.11 Å². The molecule has 0 bridgehead atoms. The topological polar surface area (TPSA) is 21.3 Å². The molecule has 0 spiro atoms. The Bertz CT molecular complexity index is 587. The zero-order valence-corrected chi connectivity index (χ0v) is 15.0. The minimum atomic E-state index is 0.755. The summed E-state index contributed by atoms with van der Waals surface area (Å²) in [5.74, 6) is 0.828. The number of anilines is 1. The summed E-state index contributed by atoms with van der Waals surface area (Å²) in [5.41, 5.74) is 2.22. The van der Waals surface area contributed by atoms with E-state index in [4.69, 9.17) is 4.74 Å². The summed E-state index contributed by atoms with van der Waals surface area (Å²) < 4.78 is 8.34. The van der Waals surface area contributed by atoms with E-state index in [0.29, 0.717) is 0 Å². The number of methoxy groups -OCH3 is 1. The van der Waals surface area contributed by atoms with E-state index >= 15 is 0 Å². The van der Waals surface area contributed by atoms with Gasteiger partial charge < -0.3 is 10.1 Å². The largest absolute Gasteiger partial charge is 0.497 e. The molecule has 5 heteroatoms. The van der Waals surface area contributed by atoms with Crippen molar-refractivity contribution >= 4 is 53.5 Å². The number of nitrogens with one attached hydrogen (secondary N) is 1. The molecule has 0 radical (unpaired) electrons. The molecule has 0 aliphatic carbocycles. The summed E-state index contributed by atoms with van der Waals surface area (Å²) in [5, 5.41) is 3.38. The maximum absolute atomic E-state index is 5.24. The summed E-state index contributed by atoms with van der Waals surface area (Å²) in [6.45, 7) is 0.755. The smallest absolute Gasteiger partial charge is 0.122 e. The first-order chi connectivity index (χ1) is 9.08. The first kappa shape index (κ1) is 14.9. The van der Waals surface area contributed by atoms with Crippen molar-refractivity contribution in [3.05, 3.63) is 55.4 Å². The maximum atomic E-state index is 5.24. The third-order valence-electron chi connectivity index (χ3n) is 2.59. The summed E-state index contributed by atoms with van der Waals surface area (Å²) in [6, 6.07) is 12.1. The van der Waals surface area contributed by atoms with Crippen molar-refractivity contribution in [3.8, 4) is 5.75 Å². The summed E-state index contributed by atoms with van der Waals surface area (Å²) in [4.78, 5) is 0. The van der Waals surface area contributed by atoms with Gasteiger partial charge in [-0.1, -0.05) is 22.0 Å². The second-order valence-electron chi connectivity index (χ2n) is 3.98. The van der Waals surface area contributed by atoms with Crippen molar-refractivity contribution < 1.29 is 4.74 Å². The molecule has 0 heterocycles. The van der Waals surface area contributed by atoms with Crippen LogP contribution < -0.4 is 10.1 Å². The minimum Gasteiger partial charge on any atom is -0.497 e. The molecule has 100 valence electrons. The van der Waals surface area contributed by atoms with Crippen LogP contribution in [0.15, 0.2) is 49.8 Å². The van der Waals surface area contributed by atoms with Gasteiger partial charge in [0.25, 0.3) is 0 Å². The highest BCUT2D eigenvalue weighted by Gasteiger charge is 2.01. The molecule has 2 aromatic carbocycles. The SMILES string of the molecule is COc1cc(Br)cc(NCc2ccc(Br)c(Br)c2)c1. The number of hydrogen-bond acceptors (Lipinski definition) is 2. The zero-order valence-electron chi connectivity index (χ0n) is 10.2. The fraction of sp³-hybridized carbons (Fsp3) is 0.143. The van der Waals surface area contributed by atoms with E-state index in [2.05, 4.69) is 65.2 Å². The van der Waals surface area contributed by atoms with Gasteiger partial charge in [-0.25, -0.2) is 0 Å². The van der Waals surface area contributed by atoms with E-state index in [9.17, 15) is 0 Å². The van der Waals surface area contributed by atoms with Gasteiger partial charge in [-0.3, -0.25) is 0 Å². The second-order valence-corrected chi connectivity index (χ2v) is 6.61. The van der Waals surface area contributed by atoms with Gasteiger partial charge in [0.2, 0.25) is 0 Å². The Balaban J connectivity index is 2.09. The molecule has 0 aliphatic heterocycles. The van der Waals surface area contributed by atoms with Crippen LogP contribution in [0.4, 0.5) is 5.69 Å². The Morgan fingerprint density at radius 1 is 1.00 bits per heavy atom. The van der Waals surface area contributed by atoms with Crippen LogP contribution in [0.5, 0.6) is 5.75 Å². The van der Waals surface area contributed by atoms with Gasteiger partial charge in [0.15, 0.2) is 0 Å². The average Bonchev–Trinajstić information content (AvgIpc) is 2.39. The summed E-state index contributed by atoms with van der Waals surface area (Å²) >= 11 is 10.4. The molecule has 2 rings (SSSR count). The van der Waals surface area contributed by atoms with Gasteiger partial charge in [-0.2, -0.15) is 0 Å². The Hall–Kier alpha value is -0.520. The predicted molar refractivity (Wildman–Crippen MR) is 89.9 cm³/mol. The van der Waals surface area contributed by atoms with Crippen LogP contribution in [0, 0.1) is 0 Å². The second kappa shape index (κ2) is 6.77. The van der Waals surface area contributed by atoms with E-state index in [1.165, 1.54) is 5.56 Å². The Morgan fingerprint density at radius 3 is 2.47 bits per heavy atom. The van der Waals surface area contributed by atoms with E-state index in [0.717, 1.165) is 31.4 Å². The number of halogens is 3. The van der Waals surface area contributed by atoms with Crippen molar-refractivity contribution in [2.24, 2.45) is 0 Å². The van der Waals surface area contributed by atoms with E-state index in [1.807, 2.05) is 24.3 Å². The third-order valence-corrected chi connectivity index (χ3v) is 4.93. The van der Waals surface area contributed by atoms with Gasteiger partial charge in [0.1, 0.15) is 5.75 Å². The van der Waals surface area contributed by atoms with Crippen molar-refractivity contribution in [2.75, 3.05) is 12.4 Å². The number of benzene rings is 2. The molecular formula is C14H12Br3NO. The zero-order chi connectivity index (χ0) is 13.8. The third kappa shape index (κ3) is 4.23. The molecular weight excluding hydrogens is 438 g/mol. The molecule has 2 nitrogen and oxygen atoms in total. The van der Waals surface area contributed by atoms with Crippen LogP contribution >= 0.6 is 47.8 Å². The van der Waals surface area contributed by atoms with Gasteiger partial charge in [0, 0.05) is 31.7 Å². The lowest BCUT2D eigenvalue weighted by Crippen LogP contribution is -1.99. The van der Waals surface area contributed by atoms with Crippen molar-refractivity contribution in [1.82, 2.24) is 0 Å². The molecule has 0 saturated heterocycles. The van der Waals surface area contributed by atoms with E-state index < -0.39 is 0 Å². The van der Waals surface area contributed by atoms with Crippen LogP contribution in [0.2, 0.25) is 0 Å². The van der Waals surface area contributed by atoms with Gasteiger partial charge >= 0.3 is 0 Å². The number of rotatable bonds is 4. The lowest BCUT2D eigenvalue weighted by molar-refractivity contribution is 0.414. The normalized spacial score (nSPS) is 10.3. The Morgan fingerprint density at radius 2 is 1.79 bits per heavy atom. The lowest BCUT2D eigenvalue weighted by Gasteiger charge is -2.10. The molecule has 1 N–H and O–H groups in total. The minimum absolute atomic E-state index is 0.755. The fourth-order valence-electron chi connectivity index (χ4n) is 1.64. The van der Waals surface area contributed by atoms with Gasteiger partial charge in [-0.15, -0.1) is 0 Å². The van der Waals surface area contributed by atoms with Crippen molar-refractivity contribution in [2.45, 2.75) is 6.54 Å².